The first-order valence-corrected chi connectivity index (χ1v) is 9.75. The number of aromatic nitrogens is 2. The Hall–Kier alpha value is -3.13. The van der Waals surface area contributed by atoms with Crippen LogP contribution in [0.1, 0.15) is 5.56 Å². The predicted molar refractivity (Wildman–Crippen MR) is 110 cm³/mol. The zero-order valence-electron chi connectivity index (χ0n) is 14.8. The van der Waals surface area contributed by atoms with E-state index in [0.29, 0.717) is 16.8 Å². The molecular formula is C21H17N3O3S. The summed E-state index contributed by atoms with van der Waals surface area (Å²) in [5.74, 6) is 0. The Morgan fingerprint density at radius 1 is 0.929 bits per heavy atom. The Bertz CT molecular complexity index is 1220. The minimum absolute atomic E-state index is 0.181. The molecule has 4 rings (SSSR count). The summed E-state index contributed by atoms with van der Waals surface area (Å²) >= 11 is -2.08. The molecule has 0 aliphatic rings. The van der Waals surface area contributed by atoms with Crippen molar-refractivity contribution in [2.75, 3.05) is 0 Å². The Morgan fingerprint density at radius 2 is 1.64 bits per heavy atom. The highest BCUT2D eigenvalue weighted by atomic mass is 32.2. The second kappa shape index (κ2) is 7.85. The van der Waals surface area contributed by atoms with E-state index < -0.39 is 11.3 Å². The van der Waals surface area contributed by atoms with Crippen molar-refractivity contribution in [3.05, 3.63) is 94.8 Å². The van der Waals surface area contributed by atoms with E-state index in [1.165, 1.54) is 4.68 Å². The van der Waals surface area contributed by atoms with Gasteiger partial charge in [-0.25, -0.2) is 8.93 Å². The maximum Gasteiger partial charge on any atom is 0.279 e. The number of fused-ring (bicyclic) bond motifs is 1. The van der Waals surface area contributed by atoms with Crippen molar-refractivity contribution in [3.63, 3.8) is 0 Å². The Labute approximate surface area is 163 Å². The monoisotopic (exact) mass is 391 g/mol. The van der Waals surface area contributed by atoms with Crippen LogP contribution in [0, 0.1) is 0 Å². The lowest BCUT2D eigenvalue weighted by atomic mass is 10.0. The van der Waals surface area contributed by atoms with E-state index in [4.69, 9.17) is 4.55 Å². The first-order chi connectivity index (χ1) is 13.6. The molecule has 0 fully saturated rings. The van der Waals surface area contributed by atoms with Crippen LogP contribution < -0.4 is 10.3 Å². The molecule has 0 spiro atoms. The number of benzene rings is 3. The zero-order valence-corrected chi connectivity index (χ0v) is 15.6. The first-order valence-electron chi connectivity index (χ1n) is 8.64. The molecule has 0 amide bonds. The van der Waals surface area contributed by atoms with Crippen molar-refractivity contribution in [2.24, 2.45) is 0 Å². The molecule has 1 heterocycles. The SMILES string of the molecule is O=c1c2ccccc2c(-c2cccc(CNS(=O)O)c2)nn1-c1ccccc1. The van der Waals surface area contributed by atoms with E-state index in [0.717, 1.165) is 16.5 Å². The van der Waals surface area contributed by atoms with Crippen molar-refractivity contribution in [2.45, 2.75) is 6.54 Å². The maximum absolute atomic E-state index is 13.0. The predicted octanol–water partition coefficient (Wildman–Crippen LogP) is 3.28. The van der Waals surface area contributed by atoms with Crippen LogP contribution in [-0.4, -0.2) is 18.5 Å². The van der Waals surface area contributed by atoms with E-state index >= 15 is 0 Å². The number of hydrogen-bond acceptors (Lipinski definition) is 3. The summed E-state index contributed by atoms with van der Waals surface area (Å²) < 4.78 is 23.7. The largest absolute Gasteiger partial charge is 0.294 e. The van der Waals surface area contributed by atoms with Crippen molar-refractivity contribution in [1.29, 1.82) is 0 Å². The molecule has 0 radical (unpaired) electrons. The van der Waals surface area contributed by atoms with Crippen LogP contribution >= 0.6 is 0 Å². The van der Waals surface area contributed by atoms with Gasteiger partial charge >= 0.3 is 0 Å². The van der Waals surface area contributed by atoms with Crippen molar-refractivity contribution in [1.82, 2.24) is 14.5 Å². The molecule has 0 aliphatic carbocycles. The molecule has 0 aliphatic heterocycles. The fourth-order valence-corrected chi connectivity index (χ4v) is 3.41. The minimum atomic E-state index is -2.08. The highest BCUT2D eigenvalue weighted by molar-refractivity contribution is 7.77. The summed E-state index contributed by atoms with van der Waals surface area (Å²) in [6.45, 7) is 0.243. The maximum atomic E-state index is 13.0. The molecule has 1 atom stereocenters. The zero-order chi connectivity index (χ0) is 19.5. The second-order valence-electron chi connectivity index (χ2n) is 6.22. The lowest BCUT2D eigenvalue weighted by Crippen LogP contribution is -2.22. The smallest absolute Gasteiger partial charge is 0.279 e. The molecule has 2 N–H and O–H groups in total. The lowest BCUT2D eigenvalue weighted by Gasteiger charge is -2.12. The molecule has 7 heteroatoms. The number of para-hydroxylation sites is 1. The summed E-state index contributed by atoms with van der Waals surface area (Å²) in [4.78, 5) is 13.0. The van der Waals surface area contributed by atoms with E-state index in [1.807, 2.05) is 72.8 Å². The molecule has 140 valence electrons. The third-order valence-corrected chi connectivity index (χ3v) is 4.80. The fourth-order valence-electron chi connectivity index (χ4n) is 3.12. The molecule has 1 unspecified atom stereocenters. The van der Waals surface area contributed by atoms with Gasteiger partial charge in [0.15, 0.2) is 0 Å². The van der Waals surface area contributed by atoms with Gasteiger partial charge in [0.05, 0.1) is 16.8 Å². The Balaban J connectivity index is 1.92. The number of nitrogens with zero attached hydrogens (tertiary/aromatic N) is 2. The van der Waals surface area contributed by atoms with Crippen LogP contribution in [0.5, 0.6) is 0 Å². The summed E-state index contributed by atoms with van der Waals surface area (Å²) in [6, 6.07) is 24.2. The quantitative estimate of drug-likeness (QED) is 0.512. The van der Waals surface area contributed by atoms with Crippen molar-refractivity contribution < 1.29 is 8.76 Å². The van der Waals surface area contributed by atoms with Gasteiger partial charge in [-0.05, 0) is 29.8 Å². The van der Waals surface area contributed by atoms with Crippen LogP contribution in [-0.2, 0) is 17.8 Å². The molecule has 0 saturated carbocycles. The van der Waals surface area contributed by atoms with Gasteiger partial charge < -0.3 is 0 Å². The molecular weight excluding hydrogens is 374 g/mol. The standard InChI is InChI=1S/C21H17N3O3S/c25-21-19-12-5-4-11-18(19)20(23-24(21)17-9-2-1-3-10-17)16-8-6-7-15(13-16)14-22-28(26)27/h1-13,22H,14H2,(H,26,27). The van der Waals surface area contributed by atoms with Gasteiger partial charge in [0.25, 0.3) is 5.56 Å². The fraction of sp³-hybridized carbons (Fsp3) is 0.0476. The average Bonchev–Trinajstić information content (AvgIpc) is 2.73. The first kappa shape index (κ1) is 18.2. The van der Waals surface area contributed by atoms with E-state index in [1.54, 1.807) is 6.07 Å². The minimum Gasteiger partial charge on any atom is -0.294 e. The third kappa shape index (κ3) is 3.63. The average molecular weight is 391 g/mol. The van der Waals surface area contributed by atoms with Crippen LogP contribution in [0.2, 0.25) is 0 Å². The third-order valence-electron chi connectivity index (χ3n) is 4.41. The molecule has 0 saturated heterocycles. The van der Waals surface area contributed by atoms with Gasteiger partial charge in [0, 0.05) is 17.5 Å². The summed E-state index contributed by atoms with van der Waals surface area (Å²) in [5.41, 5.74) is 2.84. The molecule has 4 aromatic rings. The van der Waals surface area contributed by atoms with Gasteiger partial charge in [-0.2, -0.15) is 9.78 Å². The molecule has 28 heavy (non-hydrogen) atoms. The Kier molecular flexibility index (Phi) is 5.12. The molecule has 0 bridgehead atoms. The van der Waals surface area contributed by atoms with Gasteiger partial charge in [0.1, 0.15) is 0 Å². The van der Waals surface area contributed by atoms with E-state index in [9.17, 15) is 9.00 Å². The van der Waals surface area contributed by atoms with E-state index in [-0.39, 0.29) is 12.1 Å². The summed E-state index contributed by atoms with van der Waals surface area (Å²) in [6.07, 6.45) is 0. The normalized spacial score (nSPS) is 12.2. The van der Waals surface area contributed by atoms with Crippen molar-refractivity contribution >= 4 is 22.0 Å². The van der Waals surface area contributed by atoms with Gasteiger partial charge in [-0.15, -0.1) is 0 Å². The Morgan fingerprint density at radius 3 is 2.39 bits per heavy atom. The van der Waals surface area contributed by atoms with E-state index in [2.05, 4.69) is 9.82 Å². The number of rotatable bonds is 5. The molecule has 1 aromatic heterocycles. The van der Waals surface area contributed by atoms with Gasteiger partial charge in [-0.3, -0.25) is 9.35 Å². The topological polar surface area (TPSA) is 84.2 Å². The summed E-state index contributed by atoms with van der Waals surface area (Å²) in [7, 11) is 0. The highest BCUT2D eigenvalue weighted by Crippen LogP contribution is 2.26. The second-order valence-corrected chi connectivity index (χ2v) is 7.00. The van der Waals surface area contributed by atoms with Crippen molar-refractivity contribution in [3.8, 4) is 16.9 Å². The van der Waals surface area contributed by atoms with Crippen LogP contribution in [0.4, 0.5) is 0 Å². The van der Waals surface area contributed by atoms with Crippen LogP contribution in [0.25, 0.3) is 27.7 Å². The summed E-state index contributed by atoms with van der Waals surface area (Å²) in [5, 5.41) is 5.99. The van der Waals surface area contributed by atoms with Gasteiger partial charge in [-0.1, -0.05) is 54.6 Å². The lowest BCUT2D eigenvalue weighted by molar-refractivity contribution is 0.548. The van der Waals surface area contributed by atoms with Crippen LogP contribution in [0.15, 0.2) is 83.7 Å². The molecule has 6 nitrogen and oxygen atoms in total. The molecule has 3 aromatic carbocycles. The number of hydrogen-bond donors (Lipinski definition) is 2. The van der Waals surface area contributed by atoms with Gasteiger partial charge in [0.2, 0.25) is 11.3 Å². The van der Waals surface area contributed by atoms with Crippen LogP contribution in [0.3, 0.4) is 0 Å². The highest BCUT2D eigenvalue weighted by Gasteiger charge is 2.13. The number of nitrogens with one attached hydrogen (secondary N) is 1.